The van der Waals surface area contributed by atoms with E-state index in [0.717, 1.165) is 18.6 Å². The average molecular weight is 283 g/mol. The van der Waals surface area contributed by atoms with Gasteiger partial charge in [-0.2, -0.15) is 0 Å². The summed E-state index contributed by atoms with van der Waals surface area (Å²) in [7, 11) is 0. The minimum Gasteiger partial charge on any atom is -0.489 e. The van der Waals surface area contributed by atoms with Gasteiger partial charge in [-0.05, 0) is 48.1 Å². The highest BCUT2D eigenvalue weighted by atomic mass is 16.5. The second-order valence-electron chi connectivity index (χ2n) is 5.49. The van der Waals surface area contributed by atoms with Crippen molar-refractivity contribution < 1.29 is 4.74 Å². The summed E-state index contributed by atoms with van der Waals surface area (Å²) >= 11 is 0. The number of ether oxygens (including phenoxy) is 1. The Labute approximate surface area is 127 Å². The highest BCUT2D eigenvalue weighted by Gasteiger charge is 2.09. The molecule has 0 radical (unpaired) electrons. The van der Waals surface area contributed by atoms with E-state index in [4.69, 9.17) is 10.5 Å². The summed E-state index contributed by atoms with van der Waals surface area (Å²) < 4.78 is 6.02. The van der Waals surface area contributed by atoms with Crippen molar-refractivity contribution in [2.24, 2.45) is 5.73 Å². The Morgan fingerprint density at radius 2 is 1.67 bits per heavy atom. The van der Waals surface area contributed by atoms with Crippen molar-refractivity contribution in [3.8, 4) is 5.75 Å². The molecule has 2 aromatic carbocycles. The van der Waals surface area contributed by atoms with Crippen molar-refractivity contribution in [1.82, 2.24) is 0 Å². The monoisotopic (exact) mass is 283 g/mol. The molecular weight excluding hydrogens is 258 g/mol. The zero-order valence-corrected chi connectivity index (χ0v) is 13.0. The summed E-state index contributed by atoms with van der Waals surface area (Å²) in [5.74, 6) is 1.52. The Bertz CT molecular complexity index is 548. The fraction of sp³-hybridized carbons (Fsp3) is 0.368. The van der Waals surface area contributed by atoms with E-state index >= 15 is 0 Å². The molecule has 1 unspecified atom stereocenters. The van der Waals surface area contributed by atoms with Crippen LogP contribution in [-0.2, 0) is 13.0 Å². The lowest BCUT2D eigenvalue weighted by Gasteiger charge is -2.15. The molecule has 0 fully saturated rings. The maximum atomic E-state index is 6.02. The van der Waals surface area contributed by atoms with Gasteiger partial charge in [0.2, 0.25) is 0 Å². The summed E-state index contributed by atoms with van der Waals surface area (Å²) in [5, 5.41) is 0. The second kappa shape index (κ2) is 7.84. The fourth-order valence-electron chi connectivity index (χ4n) is 2.37. The van der Waals surface area contributed by atoms with Crippen LogP contribution < -0.4 is 10.5 Å². The normalized spacial score (nSPS) is 12.1. The molecule has 0 heterocycles. The number of rotatable bonds is 7. The van der Waals surface area contributed by atoms with E-state index in [1.165, 1.54) is 16.7 Å². The molecular formula is C19H25NO. The first kappa shape index (κ1) is 15.6. The number of hydrogen-bond donors (Lipinski definition) is 1. The Hall–Kier alpha value is -1.80. The van der Waals surface area contributed by atoms with Crippen LogP contribution in [0.5, 0.6) is 5.75 Å². The van der Waals surface area contributed by atoms with Crippen molar-refractivity contribution in [3.63, 3.8) is 0 Å². The summed E-state index contributed by atoms with van der Waals surface area (Å²) in [6.07, 6.45) is 2.05. The third kappa shape index (κ3) is 4.33. The van der Waals surface area contributed by atoms with Gasteiger partial charge in [-0.1, -0.05) is 56.3 Å². The average Bonchev–Trinajstić information content (AvgIpc) is 2.54. The molecule has 2 N–H and O–H groups in total. The van der Waals surface area contributed by atoms with Crippen LogP contribution in [0.1, 0.15) is 42.9 Å². The van der Waals surface area contributed by atoms with Gasteiger partial charge in [-0.15, -0.1) is 0 Å². The molecule has 0 saturated carbocycles. The van der Waals surface area contributed by atoms with Crippen LogP contribution in [-0.4, -0.2) is 6.54 Å². The van der Waals surface area contributed by atoms with E-state index in [2.05, 4.69) is 56.3 Å². The molecule has 2 heteroatoms. The molecule has 2 rings (SSSR count). The first-order chi connectivity index (χ1) is 10.2. The molecule has 0 spiro atoms. The van der Waals surface area contributed by atoms with Gasteiger partial charge in [0.1, 0.15) is 12.4 Å². The fourth-order valence-corrected chi connectivity index (χ4v) is 2.37. The van der Waals surface area contributed by atoms with Gasteiger partial charge in [0.25, 0.3) is 0 Å². The molecule has 21 heavy (non-hydrogen) atoms. The van der Waals surface area contributed by atoms with E-state index < -0.39 is 0 Å². The largest absolute Gasteiger partial charge is 0.489 e. The molecule has 0 bridgehead atoms. The molecule has 0 aliphatic rings. The van der Waals surface area contributed by atoms with Crippen LogP contribution in [0, 0.1) is 0 Å². The second-order valence-corrected chi connectivity index (χ2v) is 5.49. The Kier molecular flexibility index (Phi) is 5.82. The molecule has 0 aliphatic carbocycles. The quantitative estimate of drug-likeness (QED) is 0.823. The predicted octanol–water partition coefficient (Wildman–Crippen LogP) is 4.28. The van der Waals surface area contributed by atoms with Crippen LogP contribution >= 0.6 is 0 Å². The summed E-state index contributed by atoms with van der Waals surface area (Å²) in [6.45, 7) is 5.75. The molecule has 0 amide bonds. The lowest BCUT2D eigenvalue weighted by Crippen LogP contribution is -2.03. The summed E-state index contributed by atoms with van der Waals surface area (Å²) in [5.41, 5.74) is 9.33. The van der Waals surface area contributed by atoms with E-state index in [-0.39, 0.29) is 0 Å². The lowest BCUT2D eigenvalue weighted by atomic mass is 9.98. The summed E-state index contributed by atoms with van der Waals surface area (Å²) in [4.78, 5) is 0. The SMILES string of the molecule is CCC(C)c1ccccc1OCc1ccc(CCN)cc1. The Morgan fingerprint density at radius 3 is 2.33 bits per heavy atom. The van der Waals surface area contributed by atoms with Gasteiger partial charge in [0.05, 0.1) is 0 Å². The van der Waals surface area contributed by atoms with Crippen LogP contribution in [0.4, 0.5) is 0 Å². The topological polar surface area (TPSA) is 35.2 Å². The zero-order chi connectivity index (χ0) is 15.1. The standard InChI is InChI=1S/C19H25NO/c1-3-15(2)18-6-4-5-7-19(18)21-14-17-10-8-16(9-11-17)12-13-20/h4-11,15H,3,12-14,20H2,1-2H3. The maximum absolute atomic E-state index is 6.02. The van der Waals surface area contributed by atoms with E-state index in [0.29, 0.717) is 19.1 Å². The Balaban J connectivity index is 2.02. The van der Waals surface area contributed by atoms with Crippen molar-refractivity contribution in [2.75, 3.05) is 6.54 Å². The molecule has 0 saturated heterocycles. The van der Waals surface area contributed by atoms with Crippen molar-refractivity contribution in [1.29, 1.82) is 0 Å². The van der Waals surface area contributed by atoms with Crippen LogP contribution in [0.15, 0.2) is 48.5 Å². The molecule has 2 aromatic rings. The van der Waals surface area contributed by atoms with Crippen LogP contribution in [0.3, 0.4) is 0 Å². The molecule has 0 aliphatic heterocycles. The zero-order valence-electron chi connectivity index (χ0n) is 13.0. The third-order valence-electron chi connectivity index (χ3n) is 3.91. The smallest absolute Gasteiger partial charge is 0.123 e. The number of hydrogen-bond acceptors (Lipinski definition) is 2. The van der Waals surface area contributed by atoms with Gasteiger partial charge < -0.3 is 10.5 Å². The van der Waals surface area contributed by atoms with Crippen LogP contribution in [0.25, 0.3) is 0 Å². The Morgan fingerprint density at radius 1 is 1.00 bits per heavy atom. The van der Waals surface area contributed by atoms with Crippen molar-refractivity contribution in [2.45, 2.75) is 39.2 Å². The van der Waals surface area contributed by atoms with E-state index in [9.17, 15) is 0 Å². The van der Waals surface area contributed by atoms with Gasteiger partial charge >= 0.3 is 0 Å². The van der Waals surface area contributed by atoms with Gasteiger partial charge in [-0.3, -0.25) is 0 Å². The van der Waals surface area contributed by atoms with Gasteiger partial charge in [0, 0.05) is 0 Å². The lowest BCUT2D eigenvalue weighted by molar-refractivity contribution is 0.301. The van der Waals surface area contributed by atoms with E-state index in [1.807, 2.05) is 6.07 Å². The highest BCUT2D eigenvalue weighted by Crippen LogP contribution is 2.28. The van der Waals surface area contributed by atoms with Gasteiger partial charge in [0.15, 0.2) is 0 Å². The number of benzene rings is 2. The minimum atomic E-state index is 0.521. The van der Waals surface area contributed by atoms with Crippen molar-refractivity contribution in [3.05, 3.63) is 65.2 Å². The molecule has 0 aromatic heterocycles. The number of nitrogens with two attached hydrogens (primary N) is 1. The first-order valence-corrected chi connectivity index (χ1v) is 7.74. The molecule has 2 nitrogen and oxygen atoms in total. The predicted molar refractivity (Wildman–Crippen MR) is 88.7 cm³/mol. The maximum Gasteiger partial charge on any atom is 0.123 e. The van der Waals surface area contributed by atoms with Crippen LogP contribution in [0.2, 0.25) is 0 Å². The van der Waals surface area contributed by atoms with Gasteiger partial charge in [-0.25, -0.2) is 0 Å². The molecule has 112 valence electrons. The third-order valence-corrected chi connectivity index (χ3v) is 3.91. The summed E-state index contributed by atoms with van der Waals surface area (Å²) in [6, 6.07) is 16.8. The number of para-hydroxylation sites is 1. The first-order valence-electron chi connectivity index (χ1n) is 7.74. The van der Waals surface area contributed by atoms with Crippen molar-refractivity contribution >= 4 is 0 Å². The molecule has 1 atom stereocenters. The minimum absolute atomic E-state index is 0.521. The highest BCUT2D eigenvalue weighted by molar-refractivity contribution is 5.36. The van der Waals surface area contributed by atoms with E-state index in [1.54, 1.807) is 0 Å².